The van der Waals surface area contributed by atoms with E-state index in [9.17, 15) is 4.79 Å². The molecule has 0 N–H and O–H groups in total. The van der Waals surface area contributed by atoms with E-state index in [1.54, 1.807) is 0 Å². The first-order chi connectivity index (χ1) is 12.3. The third-order valence-corrected chi connectivity index (χ3v) is 5.33. The predicted molar refractivity (Wildman–Crippen MR) is 99.5 cm³/mol. The van der Waals surface area contributed by atoms with Crippen molar-refractivity contribution in [2.75, 3.05) is 50.7 Å². The first-order valence-electron chi connectivity index (χ1n) is 9.22. The van der Waals surface area contributed by atoms with Gasteiger partial charge in [0.15, 0.2) is 0 Å². The molecule has 2 fully saturated rings. The number of anilines is 1. The lowest BCUT2D eigenvalue weighted by Crippen LogP contribution is -2.44. The summed E-state index contributed by atoms with van der Waals surface area (Å²) in [5.41, 5.74) is 1.08. The van der Waals surface area contributed by atoms with Crippen LogP contribution in [0.25, 0.3) is 11.0 Å². The average Bonchev–Trinajstić information content (AvgIpc) is 3.30. The smallest absolute Gasteiger partial charge is 0.142 e. The molecule has 4 heterocycles. The van der Waals surface area contributed by atoms with E-state index in [2.05, 4.69) is 38.8 Å². The van der Waals surface area contributed by atoms with Crippen LogP contribution in [0.2, 0.25) is 0 Å². The van der Waals surface area contributed by atoms with Crippen molar-refractivity contribution in [2.45, 2.75) is 19.4 Å². The average molecular weight is 339 g/mol. The Morgan fingerprint density at radius 2 is 1.80 bits per heavy atom. The second-order valence-electron chi connectivity index (χ2n) is 6.91. The van der Waals surface area contributed by atoms with E-state index in [4.69, 9.17) is 4.98 Å². The monoisotopic (exact) mass is 339 g/mol. The van der Waals surface area contributed by atoms with Crippen LogP contribution in [0, 0.1) is 0 Å². The molecular formula is C19H25N5O. The number of nitrogens with zero attached hydrogens (tertiary/aromatic N) is 5. The first kappa shape index (κ1) is 16.2. The Kier molecular flexibility index (Phi) is 4.72. The largest absolute Gasteiger partial charge is 0.365 e. The third-order valence-electron chi connectivity index (χ3n) is 5.33. The van der Waals surface area contributed by atoms with Gasteiger partial charge in [0.05, 0.1) is 6.20 Å². The summed E-state index contributed by atoms with van der Waals surface area (Å²) in [6, 6.07) is 6.43. The number of likely N-dealkylation sites (tertiary alicyclic amines) is 1. The van der Waals surface area contributed by atoms with Crippen LogP contribution in [0.15, 0.2) is 30.6 Å². The molecule has 0 radical (unpaired) electrons. The molecule has 0 saturated carbocycles. The number of fused-ring (bicyclic) bond motifs is 1. The van der Waals surface area contributed by atoms with Gasteiger partial charge in [-0.3, -0.25) is 0 Å². The number of aromatic nitrogens is 2. The van der Waals surface area contributed by atoms with Crippen LogP contribution in [0.1, 0.15) is 12.8 Å². The molecule has 0 aliphatic carbocycles. The lowest BCUT2D eigenvalue weighted by atomic mass is 10.3. The van der Waals surface area contributed by atoms with Crippen molar-refractivity contribution in [3.05, 3.63) is 30.6 Å². The van der Waals surface area contributed by atoms with Gasteiger partial charge in [-0.2, -0.15) is 0 Å². The summed E-state index contributed by atoms with van der Waals surface area (Å²) in [5.74, 6) is 2.90. The fraction of sp³-hybridized carbons (Fsp3) is 0.526. The van der Waals surface area contributed by atoms with Crippen LogP contribution in [-0.2, 0) is 11.3 Å². The van der Waals surface area contributed by atoms with E-state index >= 15 is 0 Å². The van der Waals surface area contributed by atoms with Crippen LogP contribution < -0.4 is 4.90 Å². The fourth-order valence-electron chi connectivity index (χ4n) is 3.82. The van der Waals surface area contributed by atoms with Crippen LogP contribution >= 0.6 is 0 Å². The minimum absolute atomic E-state index is 0.838. The van der Waals surface area contributed by atoms with Crippen LogP contribution in [0.4, 0.5) is 5.82 Å². The summed E-state index contributed by atoms with van der Waals surface area (Å²) >= 11 is 0. The molecule has 2 saturated heterocycles. The Hall–Kier alpha value is -2.30. The van der Waals surface area contributed by atoms with Crippen molar-refractivity contribution >= 4 is 22.8 Å². The molecule has 6 nitrogen and oxygen atoms in total. The highest BCUT2D eigenvalue weighted by atomic mass is 16.1. The lowest BCUT2D eigenvalue weighted by Gasteiger charge is -2.34. The molecule has 2 aliphatic heterocycles. The van der Waals surface area contributed by atoms with E-state index in [1.807, 2.05) is 10.8 Å². The summed E-state index contributed by atoms with van der Waals surface area (Å²) in [4.78, 5) is 22.3. The van der Waals surface area contributed by atoms with Gasteiger partial charge in [0.2, 0.25) is 0 Å². The summed E-state index contributed by atoms with van der Waals surface area (Å²) in [6.45, 7) is 8.01. The molecule has 25 heavy (non-hydrogen) atoms. The number of rotatable bonds is 5. The van der Waals surface area contributed by atoms with Crippen LogP contribution in [0.3, 0.4) is 0 Å². The first-order valence-corrected chi connectivity index (χ1v) is 9.22. The molecule has 2 aliphatic rings. The third kappa shape index (κ3) is 3.55. The van der Waals surface area contributed by atoms with E-state index in [1.165, 1.54) is 37.5 Å². The van der Waals surface area contributed by atoms with Gasteiger partial charge >= 0.3 is 0 Å². The van der Waals surface area contributed by atoms with E-state index in [0.717, 1.165) is 50.7 Å². The van der Waals surface area contributed by atoms with Crippen molar-refractivity contribution < 1.29 is 4.79 Å². The number of hydrogen-bond acceptors (Lipinski definition) is 5. The minimum atomic E-state index is 0.838. The number of pyridine rings is 1. The highest BCUT2D eigenvalue weighted by molar-refractivity contribution is 5.78. The van der Waals surface area contributed by atoms with Gasteiger partial charge in [0.1, 0.15) is 17.4 Å². The van der Waals surface area contributed by atoms with Crippen LogP contribution in [-0.4, -0.2) is 71.1 Å². The Balaban J connectivity index is 1.47. The molecule has 132 valence electrons. The van der Waals surface area contributed by atoms with Crippen molar-refractivity contribution in [2.24, 2.45) is 0 Å². The van der Waals surface area contributed by atoms with Gasteiger partial charge in [-0.15, -0.1) is 0 Å². The van der Waals surface area contributed by atoms with Crippen molar-refractivity contribution in [3.63, 3.8) is 0 Å². The second-order valence-corrected chi connectivity index (χ2v) is 6.91. The molecule has 0 spiro atoms. The zero-order valence-electron chi connectivity index (χ0n) is 14.6. The maximum atomic E-state index is 10.5. The molecule has 0 aromatic carbocycles. The summed E-state index contributed by atoms with van der Waals surface area (Å²) in [7, 11) is 0. The normalized spacial score (nSPS) is 18.7. The molecule has 6 heteroatoms. The quantitative estimate of drug-likeness (QED) is 0.774. The highest BCUT2D eigenvalue weighted by Crippen LogP contribution is 2.21. The number of hydrogen-bond donors (Lipinski definition) is 0. The van der Waals surface area contributed by atoms with Crippen molar-refractivity contribution in [1.29, 1.82) is 0 Å². The lowest BCUT2D eigenvalue weighted by molar-refractivity contribution is 0.324. The van der Waals surface area contributed by atoms with E-state index in [-0.39, 0.29) is 0 Å². The Morgan fingerprint density at radius 3 is 2.56 bits per heavy atom. The Morgan fingerprint density at radius 1 is 1.00 bits per heavy atom. The van der Waals surface area contributed by atoms with Gasteiger partial charge in [-0.25, -0.2) is 9.78 Å². The van der Waals surface area contributed by atoms with Crippen molar-refractivity contribution in [3.8, 4) is 0 Å². The Labute approximate surface area is 148 Å². The molecule has 0 unspecified atom stereocenters. The zero-order valence-corrected chi connectivity index (χ0v) is 14.6. The molecular weight excluding hydrogens is 314 g/mol. The van der Waals surface area contributed by atoms with Gasteiger partial charge in [-0.05, 0) is 44.1 Å². The summed E-state index contributed by atoms with van der Waals surface area (Å²) in [5, 5.41) is 1.20. The minimum Gasteiger partial charge on any atom is -0.365 e. The Bertz CT molecular complexity index is 765. The highest BCUT2D eigenvalue weighted by Gasteiger charge is 2.17. The van der Waals surface area contributed by atoms with Gasteiger partial charge in [0, 0.05) is 50.9 Å². The van der Waals surface area contributed by atoms with Gasteiger partial charge in [0.25, 0.3) is 0 Å². The molecule has 4 rings (SSSR count). The zero-order chi connectivity index (χ0) is 17.1. The molecule has 2 aromatic rings. The number of carbonyl (C=O) groups excluding carboxylic acids is 1. The molecule has 0 atom stereocenters. The molecule has 0 bridgehead atoms. The maximum Gasteiger partial charge on any atom is 0.142 e. The van der Waals surface area contributed by atoms with Gasteiger partial charge in [-0.1, -0.05) is 0 Å². The molecule has 0 amide bonds. The predicted octanol–water partition coefficient (Wildman–Crippen LogP) is 1.60. The van der Waals surface area contributed by atoms with Gasteiger partial charge < -0.3 is 19.3 Å². The summed E-state index contributed by atoms with van der Waals surface area (Å²) in [6.07, 6.45) is 6.34. The summed E-state index contributed by atoms with van der Waals surface area (Å²) < 4.78 is 2.28. The fourth-order valence-corrected chi connectivity index (χ4v) is 3.82. The van der Waals surface area contributed by atoms with Crippen LogP contribution in [0.5, 0.6) is 0 Å². The SMILES string of the molecule is O=C=CN1CCN(c2ccc3ccn(CCN4CCCC4)c3n2)CC1. The van der Waals surface area contributed by atoms with Crippen molar-refractivity contribution in [1.82, 2.24) is 19.4 Å². The molecule has 2 aromatic heterocycles. The second kappa shape index (κ2) is 7.30. The van der Waals surface area contributed by atoms with E-state index < -0.39 is 0 Å². The van der Waals surface area contributed by atoms with E-state index in [0.29, 0.717) is 0 Å². The standard InChI is InChI=1S/C19H25N5O/c25-16-15-22-9-12-23(13-10-22)18-4-3-17-5-8-24(19(17)20-18)14-11-21-6-1-2-7-21/h3-5,8,15H,1-2,6-7,9-14H2. The number of piperazine rings is 1. The topological polar surface area (TPSA) is 44.6 Å². The maximum absolute atomic E-state index is 10.5.